The van der Waals surface area contributed by atoms with Crippen LogP contribution < -0.4 is 0 Å². The van der Waals surface area contributed by atoms with Crippen LogP contribution in [0.2, 0.25) is 0 Å². The second-order valence-electron chi connectivity index (χ2n) is 5.58. The monoisotopic (exact) mass is 273 g/mol. The first kappa shape index (κ1) is 13.9. The first-order chi connectivity index (χ1) is 10.3. The molecule has 0 aliphatic heterocycles. The molecule has 3 rings (SSSR count). The largest absolute Gasteiger partial charge is 0.0642 e. The molecule has 0 nitrogen and oxygen atoms in total. The van der Waals surface area contributed by atoms with E-state index in [1.165, 1.54) is 21.9 Å². The van der Waals surface area contributed by atoms with Crippen LogP contribution in [0.4, 0.5) is 0 Å². The fourth-order valence-electron chi connectivity index (χ4n) is 3.41. The van der Waals surface area contributed by atoms with E-state index in [1.54, 1.807) is 0 Å². The second kappa shape index (κ2) is 5.73. The number of hydrogen-bond donors (Lipinski definition) is 0. The Hall–Kier alpha value is -2.08. The van der Waals surface area contributed by atoms with Gasteiger partial charge >= 0.3 is 0 Å². The van der Waals surface area contributed by atoms with Crippen LogP contribution in [0.5, 0.6) is 0 Å². The minimum absolute atomic E-state index is 0.0118. The highest BCUT2D eigenvalue weighted by atomic mass is 14.3. The Kier molecular flexibility index (Phi) is 3.79. The summed E-state index contributed by atoms with van der Waals surface area (Å²) < 4.78 is 0. The third-order valence-electron chi connectivity index (χ3n) is 4.66. The van der Waals surface area contributed by atoms with E-state index in [2.05, 4.69) is 86.6 Å². The molecule has 105 valence electrons. The maximum Gasteiger partial charge on any atom is 0.0206 e. The topological polar surface area (TPSA) is 0 Å². The van der Waals surface area contributed by atoms with Gasteiger partial charge in [0.15, 0.2) is 0 Å². The Bertz CT molecular complexity index is 716. The minimum Gasteiger partial charge on any atom is -0.0642 e. The highest BCUT2D eigenvalue weighted by Gasteiger charge is 2.31. The van der Waals surface area contributed by atoms with Crippen molar-refractivity contribution < 1.29 is 0 Å². The zero-order chi connectivity index (χ0) is 14.7. The lowest BCUT2D eigenvalue weighted by Crippen LogP contribution is -2.26. The Balaban J connectivity index is 2.30. The van der Waals surface area contributed by atoms with E-state index in [-0.39, 0.29) is 5.41 Å². The van der Waals surface area contributed by atoms with E-state index >= 15 is 0 Å². The predicted molar refractivity (Wildman–Crippen MR) is 91.4 cm³/mol. The van der Waals surface area contributed by atoms with Crippen molar-refractivity contribution in [2.75, 3.05) is 0 Å². The van der Waals surface area contributed by atoms with Gasteiger partial charge in [-0.15, -0.1) is 0 Å². The summed E-state index contributed by atoms with van der Waals surface area (Å²) in [5, 5.41) is 2.64. The van der Waals surface area contributed by atoms with Crippen molar-refractivity contribution >= 4 is 10.8 Å². The first-order valence-electron chi connectivity index (χ1n) is 7.65. The lowest BCUT2D eigenvalue weighted by atomic mass is 9.69. The molecule has 3 aromatic rings. The second-order valence-corrected chi connectivity index (χ2v) is 5.58. The van der Waals surface area contributed by atoms with E-state index in [1.807, 2.05) is 0 Å². The zero-order valence-electron chi connectivity index (χ0n) is 12.5. The van der Waals surface area contributed by atoms with Crippen LogP contribution in [-0.4, -0.2) is 0 Å². The van der Waals surface area contributed by atoms with E-state index in [4.69, 9.17) is 0 Å². The number of rotatable bonds is 4. The molecule has 0 aliphatic rings. The van der Waals surface area contributed by atoms with Gasteiger partial charge in [0, 0.05) is 5.41 Å². The standard InChI is InChI=1S/C21H21/c1-3-21(4-2,18-13-6-5-7-14-18)20-16-10-12-17-11-8-9-15-19(17)20/h5-16H,1,3-4H2,2H3. The van der Waals surface area contributed by atoms with E-state index in [0.29, 0.717) is 0 Å². The molecule has 3 aromatic carbocycles. The van der Waals surface area contributed by atoms with Crippen molar-refractivity contribution in [2.45, 2.75) is 25.2 Å². The van der Waals surface area contributed by atoms with Crippen LogP contribution in [0, 0.1) is 6.92 Å². The van der Waals surface area contributed by atoms with Gasteiger partial charge in [0.05, 0.1) is 0 Å². The summed E-state index contributed by atoms with van der Waals surface area (Å²) in [5.41, 5.74) is 2.74. The highest BCUT2D eigenvalue weighted by molar-refractivity contribution is 5.87. The van der Waals surface area contributed by atoms with Gasteiger partial charge in [-0.3, -0.25) is 0 Å². The molecule has 0 saturated carbocycles. The molecule has 1 unspecified atom stereocenters. The van der Waals surface area contributed by atoms with Crippen LogP contribution in [0.15, 0.2) is 72.8 Å². The zero-order valence-corrected chi connectivity index (χ0v) is 12.5. The molecule has 21 heavy (non-hydrogen) atoms. The van der Waals surface area contributed by atoms with Crippen molar-refractivity contribution in [2.24, 2.45) is 0 Å². The Morgan fingerprint density at radius 2 is 1.48 bits per heavy atom. The molecule has 0 aromatic heterocycles. The highest BCUT2D eigenvalue weighted by Crippen LogP contribution is 2.41. The van der Waals surface area contributed by atoms with Gasteiger partial charge in [0.1, 0.15) is 0 Å². The van der Waals surface area contributed by atoms with Gasteiger partial charge in [-0.05, 0) is 34.7 Å². The average molecular weight is 273 g/mol. The van der Waals surface area contributed by atoms with Crippen molar-refractivity contribution in [1.29, 1.82) is 0 Å². The predicted octanol–water partition coefficient (Wildman–Crippen LogP) is 5.76. The molecule has 0 spiro atoms. The lowest BCUT2D eigenvalue weighted by molar-refractivity contribution is 0.504. The van der Waals surface area contributed by atoms with Crippen molar-refractivity contribution in [3.63, 3.8) is 0 Å². The van der Waals surface area contributed by atoms with Crippen LogP contribution in [-0.2, 0) is 5.41 Å². The van der Waals surface area contributed by atoms with E-state index < -0.39 is 0 Å². The van der Waals surface area contributed by atoms with Gasteiger partial charge in [-0.1, -0.05) is 86.6 Å². The minimum atomic E-state index is -0.0118. The fourth-order valence-corrected chi connectivity index (χ4v) is 3.41. The van der Waals surface area contributed by atoms with Crippen LogP contribution in [0.3, 0.4) is 0 Å². The molecule has 1 atom stereocenters. The fraction of sp³-hybridized carbons (Fsp3) is 0.190. The molecule has 0 fully saturated rings. The third-order valence-corrected chi connectivity index (χ3v) is 4.66. The molecule has 0 saturated heterocycles. The van der Waals surface area contributed by atoms with Gasteiger partial charge < -0.3 is 0 Å². The number of hydrogen-bond acceptors (Lipinski definition) is 0. The molecule has 1 radical (unpaired) electrons. The van der Waals surface area contributed by atoms with Crippen LogP contribution in [0.25, 0.3) is 10.8 Å². The Labute approximate surface area is 127 Å². The van der Waals surface area contributed by atoms with Crippen molar-refractivity contribution in [3.05, 3.63) is 90.8 Å². The van der Waals surface area contributed by atoms with Crippen molar-refractivity contribution in [3.8, 4) is 0 Å². The number of benzene rings is 3. The quantitative estimate of drug-likeness (QED) is 0.567. The van der Waals surface area contributed by atoms with Crippen molar-refractivity contribution in [1.82, 2.24) is 0 Å². The first-order valence-corrected chi connectivity index (χ1v) is 7.65. The average Bonchev–Trinajstić information content (AvgIpc) is 2.58. The molecular weight excluding hydrogens is 252 g/mol. The van der Waals surface area contributed by atoms with E-state index in [9.17, 15) is 0 Å². The van der Waals surface area contributed by atoms with Crippen LogP contribution >= 0.6 is 0 Å². The summed E-state index contributed by atoms with van der Waals surface area (Å²) in [6, 6.07) is 26.1. The van der Waals surface area contributed by atoms with Gasteiger partial charge in [-0.2, -0.15) is 0 Å². The number of fused-ring (bicyclic) bond motifs is 1. The molecule has 0 heterocycles. The van der Waals surface area contributed by atoms with Crippen LogP contribution in [0.1, 0.15) is 30.9 Å². The van der Waals surface area contributed by atoms with Gasteiger partial charge in [0.25, 0.3) is 0 Å². The summed E-state index contributed by atoms with van der Waals surface area (Å²) in [5.74, 6) is 0. The Morgan fingerprint density at radius 1 is 0.810 bits per heavy atom. The summed E-state index contributed by atoms with van der Waals surface area (Å²) in [6.45, 7) is 6.55. The molecule has 0 heteroatoms. The molecule has 0 aliphatic carbocycles. The maximum atomic E-state index is 4.29. The normalized spacial score (nSPS) is 11.7. The summed E-state index contributed by atoms with van der Waals surface area (Å²) in [4.78, 5) is 0. The molecular formula is C21H21. The molecule has 0 bridgehead atoms. The van der Waals surface area contributed by atoms with Gasteiger partial charge in [0.2, 0.25) is 0 Å². The lowest BCUT2D eigenvalue weighted by Gasteiger charge is -2.34. The SMILES string of the molecule is [CH2]CC(CC)(c1ccccc1)c1cccc2ccccc12. The summed E-state index contributed by atoms with van der Waals surface area (Å²) in [6.07, 6.45) is 1.91. The van der Waals surface area contributed by atoms with E-state index in [0.717, 1.165) is 12.8 Å². The Morgan fingerprint density at radius 3 is 2.19 bits per heavy atom. The summed E-state index contributed by atoms with van der Waals surface area (Å²) >= 11 is 0. The molecule has 0 amide bonds. The maximum absolute atomic E-state index is 4.29. The smallest absolute Gasteiger partial charge is 0.0206 e. The van der Waals surface area contributed by atoms with Gasteiger partial charge in [-0.25, -0.2) is 0 Å². The third kappa shape index (κ3) is 2.25. The summed E-state index contributed by atoms with van der Waals surface area (Å²) in [7, 11) is 0. The molecule has 0 N–H and O–H groups in total.